The van der Waals surface area contributed by atoms with Gasteiger partial charge in [0.25, 0.3) is 0 Å². The van der Waals surface area contributed by atoms with Crippen molar-refractivity contribution in [2.45, 2.75) is 0 Å². The third-order valence-electron chi connectivity index (χ3n) is 3.48. The number of anilines is 3. The van der Waals surface area contributed by atoms with Gasteiger partial charge in [0.05, 0.1) is 26.9 Å². The smallest absolute Gasteiger partial charge is 0.230 e. The molecule has 2 heterocycles. The second-order valence-corrected chi connectivity index (χ2v) is 4.94. The van der Waals surface area contributed by atoms with Crippen LogP contribution in [0.15, 0.2) is 24.6 Å². The standard InChI is InChI=1S/C16H18N4O5/c1-21-11-4-9(5-12(22-2)14(11)23-3)19-16-18-6-10(15(17)20-16)13-7-24-8-25-13/h4-7H,8H2,1-3H3,(H3,17,18,19,20). The van der Waals surface area contributed by atoms with Crippen LogP contribution in [-0.2, 0) is 9.47 Å². The predicted octanol–water partition coefficient (Wildman–Crippen LogP) is 2.13. The fourth-order valence-electron chi connectivity index (χ4n) is 2.31. The quantitative estimate of drug-likeness (QED) is 0.812. The molecule has 0 bridgehead atoms. The molecule has 0 fully saturated rings. The van der Waals surface area contributed by atoms with Crippen LogP contribution in [0.2, 0.25) is 0 Å². The molecule has 0 saturated carbocycles. The van der Waals surface area contributed by atoms with E-state index in [-0.39, 0.29) is 12.6 Å². The average Bonchev–Trinajstić information content (AvgIpc) is 3.15. The van der Waals surface area contributed by atoms with Gasteiger partial charge in [-0.25, -0.2) is 4.98 Å². The van der Waals surface area contributed by atoms with Crippen LogP contribution in [0.4, 0.5) is 17.5 Å². The van der Waals surface area contributed by atoms with Gasteiger partial charge in [-0.1, -0.05) is 0 Å². The summed E-state index contributed by atoms with van der Waals surface area (Å²) in [5.74, 6) is 2.59. The molecule has 0 amide bonds. The van der Waals surface area contributed by atoms with Crippen LogP contribution in [0.3, 0.4) is 0 Å². The van der Waals surface area contributed by atoms with Crippen molar-refractivity contribution in [3.8, 4) is 17.2 Å². The van der Waals surface area contributed by atoms with Crippen molar-refractivity contribution in [2.75, 3.05) is 39.2 Å². The van der Waals surface area contributed by atoms with Gasteiger partial charge in [0.2, 0.25) is 18.5 Å². The number of methoxy groups -OCH3 is 3. The number of nitrogens with two attached hydrogens (primary N) is 1. The summed E-state index contributed by atoms with van der Waals surface area (Å²) >= 11 is 0. The first-order valence-corrected chi connectivity index (χ1v) is 7.30. The number of hydrogen-bond acceptors (Lipinski definition) is 9. The Labute approximate surface area is 144 Å². The van der Waals surface area contributed by atoms with Crippen molar-refractivity contribution in [1.29, 1.82) is 0 Å². The van der Waals surface area contributed by atoms with Gasteiger partial charge in [-0.05, 0) is 0 Å². The number of nitrogens with zero attached hydrogens (tertiary/aromatic N) is 2. The summed E-state index contributed by atoms with van der Waals surface area (Å²) in [5.41, 5.74) is 7.19. The van der Waals surface area contributed by atoms with E-state index in [9.17, 15) is 0 Å². The first-order chi connectivity index (χ1) is 12.2. The van der Waals surface area contributed by atoms with Crippen LogP contribution in [0.1, 0.15) is 5.56 Å². The molecular weight excluding hydrogens is 328 g/mol. The first-order valence-electron chi connectivity index (χ1n) is 7.30. The SMILES string of the molecule is COc1cc(Nc2ncc(C3=COCO3)c(N)n2)cc(OC)c1OC. The third-order valence-corrected chi connectivity index (χ3v) is 3.48. The van der Waals surface area contributed by atoms with Crippen LogP contribution in [0.25, 0.3) is 5.76 Å². The second kappa shape index (κ2) is 7.04. The highest BCUT2D eigenvalue weighted by Gasteiger charge is 2.16. The third kappa shape index (κ3) is 3.30. The molecule has 132 valence electrons. The number of nitrogen functional groups attached to an aromatic ring is 1. The predicted molar refractivity (Wildman–Crippen MR) is 90.8 cm³/mol. The van der Waals surface area contributed by atoms with E-state index in [1.165, 1.54) is 6.26 Å². The van der Waals surface area contributed by atoms with E-state index >= 15 is 0 Å². The molecule has 3 N–H and O–H groups in total. The molecule has 0 saturated heterocycles. The number of hydrogen-bond donors (Lipinski definition) is 2. The summed E-state index contributed by atoms with van der Waals surface area (Å²) in [6.45, 7) is 0.153. The minimum absolute atomic E-state index is 0.153. The normalized spacial score (nSPS) is 12.7. The zero-order valence-electron chi connectivity index (χ0n) is 14.0. The highest BCUT2D eigenvalue weighted by Crippen LogP contribution is 2.40. The lowest BCUT2D eigenvalue weighted by Gasteiger charge is -2.15. The van der Waals surface area contributed by atoms with Gasteiger partial charge in [0.15, 0.2) is 17.3 Å². The topological polar surface area (TPSA) is 110 Å². The Bertz CT molecular complexity index is 784. The lowest BCUT2D eigenvalue weighted by Crippen LogP contribution is -2.04. The van der Waals surface area contributed by atoms with E-state index in [2.05, 4.69) is 15.3 Å². The molecule has 0 unspecified atom stereocenters. The Kier molecular flexibility index (Phi) is 4.64. The second-order valence-electron chi connectivity index (χ2n) is 4.94. The molecule has 0 spiro atoms. The van der Waals surface area contributed by atoms with Gasteiger partial charge in [-0.2, -0.15) is 4.98 Å². The fourth-order valence-corrected chi connectivity index (χ4v) is 2.31. The van der Waals surface area contributed by atoms with Gasteiger partial charge < -0.3 is 34.7 Å². The molecule has 1 aliphatic heterocycles. The Morgan fingerprint density at radius 1 is 1.12 bits per heavy atom. The van der Waals surface area contributed by atoms with Gasteiger partial charge in [-0.15, -0.1) is 0 Å². The van der Waals surface area contributed by atoms with Crippen molar-refractivity contribution in [1.82, 2.24) is 9.97 Å². The molecule has 0 atom stereocenters. The van der Waals surface area contributed by atoms with E-state index in [1.54, 1.807) is 39.7 Å². The Morgan fingerprint density at radius 3 is 2.36 bits per heavy atom. The Balaban J connectivity index is 1.88. The molecule has 1 aromatic carbocycles. The van der Waals surface area contributed by atoms with Crippen molar-refractivity contribution < 1.29 is 23.7 Å². The van der Waals surface area contributed by atoms with Crippen LogP contribution >= 0.6 is 0 Å². The molecule has 25 heavy (non-hydrogen) atoms. The highest BCUT2D eigenvalue weighted by molar-refractivity contribution is 5.70. The van der Waals surface area contributed by atoms with E-state index in [0.717, 1.165) is 0 Å². The van der Waals surface area contributed by atoms with Crippen molar-refractivity contribution in [3.05, 3.63) is 30.2 Å². The molecular formula is C16H18N4O5. The number of benzene rings is 1. The summed E-state index contributed by atoms with van der Waals surface area (Å²) in [5, 5.41) is 3.05. The largest absolute Gasteiger partial charge is 0.493 e. The maximum atomic E-state index is 5.98. The Hall–Kier alpha value is -3.36. The molecule has 9 nitrogen and oxygen atoms in total. The van der Waals surface area contributed by atoms with Crippen LogP contribution in [0.5, 0.6) is 17.2 Å². The maximum absolute atomic E-state index is 5.98. The van der Waals surface area contributed by atoms with Gasteiger partial charge in [-0.3, -0.25) is 0 Å². The van der Waals surface area contributed by atoms with Crippen LogP contribution in [0, 0.1) is 0 Å². The molecule has 9 heteroatoms. The summed E-state index contributed by atoms with van der Waals surface area (Å²) in [7, 11) is 4.63. The summed E-state index contributed by atoms with van der Waals surface area (Å²) < 4.78 is 26.2. The van der Waals surface area contributed by atoms with Crippen LogP contribution < -0.4 is 25.3 Å². The summed E-state index contributed by atoms with van der Waals surface area (Å²) in [4.78, 5) is 8.47. The molecule has 3 rings (SSSR count). The highest BCUT2D eigenvalue weighted by atomic mass is 16.7. The summed E-state index contributed by atoms with van der Waals surface area (Å²) in [6.07, 6.45) is 3.03. The monoisotopic (exact) mass is 346 g/mol. The average molecular weight is 346 g/mol. The van der Waals surface area contributed by atoms with E-state index in [0.29, 0.717) is 40.2 Å². The molecule has 0 aliphatic carbocycles. The first kappa shape index (κ1) is 16.5. The Morgan fingerprint density at radius 2 is 1.84 bits per heavy atom. The zero-order chi connectivity index (χ0) is 17.8. The molecule has 1 aliphatic rings. The number of rotatable bonds is 6. The van der Waals surface area contributed by atoms with E-state index in [4.69, 9.17) is 29.4 Å². The van der Waals surface area contributed by atoms with Gasteiger partial charge in [0, 0.05) is 24.0 Å². The lowest BCUT2D eigenvalue weighted by atomic mass is 10.2. The van der Waals surface area contributed by atoms with Gasteiger partial charge >= 0.3 is 0 Å². The van der Waals surface area contributed by atoms with Crippen molar-refractivity contribution in [3.63, 3.8) is 0 Å². The van der Waals surface area contributed by atoms with Crippen molar-refractivity contribution in [2.24, 2.45) is 0 Å². The minimum atomic E-state index is 0.153. The van der Waals surface area contributed by atoms with E-state index < -0.39 is 0 Å². The molecule has 0 radical (unpaired) electrons. The van der Waals surface area contributed by atoms with Crippen LogP contribution in [-0.4, -0.2) is 38.1 Å². The number of aromatic nitrogens is 2. The fraction of sp³-hybridized carbons (Fsp3) is 0.250. The van der Waals surface area contributed by atoms with Crippen molar-refractivity contribution >= 4 is 23.2 Å². The minimum Gasteiger partial charge on any atom is -0.493 e. The number of nitrogens with one attached hydrogen (secondary N) is 1. The summed E-state index contributed by atoms with van der Waals surface area (Å²) in [6, 6.07) is 3.48. The molecule has 2 aromatic rings. The maximum Gasteiger partial charge on any atom is 0.230 e. The lowest BCUT2D eigenvalue weighted by molar-refractivity contribution is 0.100. The van der Waals surface area contributed by atoms with Gasteiger partial charge in [0.1, 0.15) is 12.1 Å². The number of ether oxygens (including phenoxy) is 5. The zero-order valence-corrected chi connectivity index (χ0v) is 14.0. The molecule has 1 aromatic heterocycles. The van der Waals surface area contributed by atoms with E-state index in [1.807, 2.05) is 0 Å².